The number of rotatable bonds is 6. The normalized spacial score (nSPS) is 11.6. The molecule has 1 atom stereocenters. The summed E-state index contributed by atoms with van der Waals surface area (Å²) in [6.07, 6.45) is -0.625. The number of carbonyl (C=O) groups excluding carboxylic acids is 1. The molecular weight excluding hydrogens is 238 g/mol. The van der Waals surface area contributed by atoms with Crippen molar-refractivity contribution >= 4 is 17.8 Å². The highest BCUT2D eigenvalue weighted by Crippen LogP contribution is 2.00. The van der Waals surface area contributed by atoms with E-state index >= 15 is 0 Å². The number of hydrogen-bond acceptors (Lipinski definition) is 3. The lowest BCUT2D eigenvalue weighted by Gasteiger charge is -2.12. The first kappa shape index (κ1) is 13.7. The van der Waals surface area contributed by atoms with Crippen LogP contribution in [0.4, 0.5) is 0 Å². The summed E-state index contributed by atoms with van der Waals surface area (Å²) >= 11 is 0. The summed E-state index contributed by atoms with van der Waals surface area (Å²) in [6, 6.07) is 7.37. The maximum Gasteiger partial charge on any atom is 0.326 e. The molecule has 96 valence electrons. The van der Waals surface area contributed by atoms with Gasteiger partial charge in [-0.2, -0.15) is 0 Å². The Morgan fingerprint density at radius 2 is 1.72 bits per heavy atom. The van der Waals surface area contributed by atoms with Gasteiger partial charge in [0.2, 0.25) is 5.91 Å². The van der Waals surface area contributed by atoms with E-state index in [1.54, 1.807) is 30.3 Å². The fraction of sp³-hybridized carbons (Fsp3) is 0.250. The van der Waals surface area contributed by atoms with Gasteiger partial charge in [0.15, 0.2) is 0 Å². The summed E-state index contributed by atoms with van der Waals surface area (Å²) in [5, 5.41) is 19.5. The predicted octanol–water partition coefficient (Wildman–Crippen LogP) is 0.273. The zero-order valence-electron chi connectivity index (χ0n) is 9.50. The number of benzene rings is 1. The molecule has 1 rings (SSSR count). The van der Waals surface area contributed by atoms with Gasteiger partial charge < -0.3 is 15.5 Å². The van der Waals surface area contributed by atoms with Crippen molar-refractivity contribution in [1.29, 1.82) is 0 Å². The molecule has 6 nitrogen and oxygen atoms in total. The molecule has 0 aliphatic heterocycles. The minimum absolute atomic E-state index is 0.0181. The number of nitrogens with one attached hydrogen (secondary N) is 1. The number of carbonyl (C=O) groups is 3. The van der Waals surface area contributed by atoms with Gasteiger partial charge in [0.05, 0.1) is 12.8 Å². The zero-order chi connectivity index (χ0) is 13.5. The topological polar surface area (TPSA) is 104 Å². The van der Waals surface area contributed by atoms with Crippen molar-refractivity contribution in [2.24, 2.45) is 0 Å². The van der Waals surface area contributed by atoms with E-state index in [-0.39, 0.29) is 6.42 Å². The molecule has 0 saturated carbocycles. The molecule has 0 radical (unpaired) electrons. The minimum Gasteiger partial charge on any atom is -0.481 e. The molecule has 0 aromatic heterocycles. The minimum atomic E-state index is -1.40. The predicted molar refractivity (Wildman–Crippen MR) is 62.0 cm³/mol. The summed E-state index contributed by atoms with van der Waals surface area (Å²) in [4.78, 5) is 32.7. The highest BCUT2D eigenvalue weighted by atomic mass is 16.4. The van der Waals surface area contributed by atoms with Gasteiger partial charge in [-0.25, -0.2) is 4.79 Å². The molecule has 3 N–H and O–H groups in total. The van der Waals surface area contributed by atoms with E-state index in [2.05, 4.69) is 5.32 Å². The van der Waals surface area contributed by atoms with Crippen LogP contribution in [0.25, 0.3) is 0 Å². The second-order valence-corrected chi connectivity index (χ2v) is 3.72. The van der Waals surface area contributed by atoms with Crippen LogP contribution in [0.2, 0.25) is 0 Å². The van der Waals surface area contributed by atoms with E-state index in [9.17, 15) is 14.4 Å². The molecule has 1 aromatic rings. The van der Waals surface area contributed by atoms with Gasteiger partial charge in [0.1, 0.15) is 6.04 Å². The number of hydrogen-bond donors (Lipinski definition) is 3. The Balaban J connectivity index is 2.56. The van der Waals surface area contributed by atoms with E-state index in [4.69, 9.17) is 10.2 Å². The monoisotopic (exact) mass is 251 g/mol. The Kier molecular flexibility index (Phi) is 4.86. The van der Waals surface area contributed by atoms with Crippen molar-refractivity contribution in [2.75, 3.05) is 0 Å². The van der Waals surface area contributed by atoms with Gasteiger partial charge in [0.25, 0.3) is 0 Å². The van der Waals surface area contributed by atoms with Gasteiger partial charge in [0, 0.05) is 0 Å². The summed E-state index contributed by atoms with van der Waals surface area (Å²) in [5.41, 5.74) is 0.731. The molecule has 0 bridgehead atoms. The second-order valence-electron chi connectivity index (χ2n) is 3.72. The van der Waals surface area contributed by atoms with Crippen molar-refractivity contribution in [3.63, 3.8) is 0 Å². The highest BCUT2D eigenvalue weighted by Gasteiger charge is 2.22. The quantitative estimate of drug-likeness (QED) is 0.673. The zero-order valence-corrected chi connectivity index (χ0v) is 9.50. The molecule has 0 aliphatic carbocycles. The van der Waals surface area contributed by atoms with Crippen LogP contribution in [0.5, 0.6) is 0 Å². The van der Waals surface area contributed by atoms with Crippen LogP contribution >= 0.6 is 0 Å². The number of amides is 1. The van der Waals surface area contributed by atoms with Crippen LogP contribution in [0, 0.1) is 0 Å². The third-order valence-electron chi connectivity index (χ3n) is 2.22. The van der Waals surface area contributed by atoms with Gasteiger partial charge in [-0.05, 0) is 5.56 Å². The maximum atomic E-state index is 11.5. The molecule has 0 unspecified atom stereocenters. The number of aliphatic carboxylic acids is 2. The van der Waals surface area contributed by atoms with Crippen molar-refractivity contribution < 1.29 is 24.6 Å². The van der Waals surface area contributed by atoms with Crippen molar-refractivity contribution in [3.8, 4) is 0 Å². The molecule has 18 heavy (non-hydrogen) atoms. The first-order valence-electron chi connectivity index (χ1n) is 5.27. The largest absolute Gasteiger partial charge is 0.481 e. The average Bonchev–Trinajstić information content (AvgIpc) is 2.28. The Hall–Kier alpha value is -2.37. The summed E-state index contributed by atoms with van der Waals surface area (Å²) in [7, 11) is 0. The first-order valence-corrected chi connectivity index (χ1v) is 5.27. The Morgan fingerprint density at radius 3 is 2.22 bits per heavy atom. The molecular formula is C12H13NO5. The van der Waals surface area contributed by atoms with Crippen LogP contribution in [0.15, 0.2) is 30.3 Å². The summed E-state index contributed by atoms with van der Waals surface area (Å²) < 4.78 is 0. The van der Waals surface area contributed by atoms with Gasteiger partial charge in [-0.3, -0.25) is 9.59 Å². The SMILES string of the molecule is O=C(O)C[C@H](NC(=O)Cc1ccccc1)C(=O)O. The Morgan fingerprint density at radius 1 is 1.11 bits per heavy atom. The van der Waals surface area contributed by atoms with Crippen LogP contribution in [-0.4, -0.2) is 34.1 Å². The van der Waals surface area contributed by atoms with Crippen LogP contribution in [0.3, 0.4) is 0 Å². The lowest BCUT2D eigenvalue weighted by atomic mass is 10.1. The van der Waals surface area contributed by atoms with E-state index in [1.165, 1.54) is 0 Å². The third-order valence-corrected chi connectivity index (χ3v) is 2.22. The average molecular weight is 251 g/mol. The van der Waals surface area contributed by atoms with Crippen molar-refractivity contribution in [2.45, 2.75) is 18.9 Å². The fourth-order valence-corrected chi connectivity index (χ4v) is 1.40. The molecule has 0 heterocycles. The fourth-order valence-electron chi connectivity index (χ4n) is 1.40. The molecule has 6 heteroatoms. The van der Waals surface area contributed by atoms with Gasteiger partial charge >= 0.3 is 11.9 Å². The van der Waals surface area contributed by atoms with Crippen LogP contribution < -0.4 is 5.32 Å². The number of carboxylic acids is 2. The smallest absolute Gasteiger partial charge is 0.326 e. The first-order chi connectivity index (χ1) is 8.49. The lowest BCUT2D eigenvalue weighted by molar-refractivity contribution is -0.147. The maximum absolute atomic E-state index is 11.5. The molecule has 0 saturated heterocycles. The van der Waals surface area contributed by atoms with Gasteiger partial charge in [-0.15, -0.1) is 0 Å². The standard InChI is InChI=1S/C12H13NO5/c14-10(6-8-4-2-1-3-5-8)13-9(12(17)18)7-11(15)16/h1-5,9H,6-7H2,(H,13,14)(H,15,16)(H,17,18)/t9-/m0/s1. The second kappa shape index (κ2) is 6.39. The molecule has 0 aliphatic rings. The van der Waals surface area contributed by atoms with E-state index in [1.807, 2.05) is 0 Å². The lowest BCUT2D eigenvalue weighted by Crippen LogP contribution is -2.42. The summed E-state index contributed by atoms with van der Waals surface area (Å²) in [6.45, 7) is 0. The third kappa shape index (κ3) is 4.65. The Bertz CT molecular complexity index is 443. The highest BCUT2D eigenvalue weighted by molar-refractivity contribution is 5.87. The van der Waals surface area contributed by atoms with E-state index < -0.39 is 30.3 Å². The molecule has 1 amide bonds. The van der Waals surface area contributed by atoms with E-state index in [0.29, 0.717) is 0 Å². The number of carboxylic acid groups (broad SMARTS) is 2. The molecule has 1 aromatic carbocycles. The van der Waals surface area contributed by atoms with Crippen molar-refractivity contribution in [3.05, 3.63) is 35.9 Å². The summed E-state index contributed by atoms with van der Waals surface area (Å²) in [5.74, 6) is -3.16. The molecule has 0 spiro atoms. The molecule has 0 fully saturated rings. The Labute approximate surface area is 103 Å². The van der Waals surface area contributed by atoms with Crippen LogP contribution in [-0.2, 0) is 20.8 Å². The van der Waals surface area contributed by atoms with Crippen molar-refractivity contribution in [1.82, 2.24) is 5.32 Å². The van der Waals surface area contributed by atoms with Gasteiger partial charge in [-0.1, -0.05) is 30.3 Å². The van der Waals surface area contributed by atoms with Crippen LogP contribution in [0.1, 0.15) is 12.0 Å². The van der Waals surface area contributed by atoms with E-state index in [0.717, 1.165) is 5.56 Å².